The Bertz CT molecular complexity index is 581. The highest BCUT2D eigenvalue weighted by Gasteiger charge is 2.53. The third-order valence-electron chi connectivity index (χ3n) is 4.11. The van der Waals surface area contributed by atoms with Crippen LogP contribution in [-0.2, 0) is 19.9 Å². The van der Waals surface area contributed by atoms with E-state index >= 15 is 0 Å². The molecule has 1 unspecified atom stereocenters. The summed E-state index contributed by atoms with van der Waals surface area (Å²) in [5.74, 6) is -0.0912. The highest BCUT2D eigenvalue weighted by molar-refractivity contribution is 6.07. The summed E-state index contributed by atoms with van der Waals surface area (Å²) in [6.07, 6.45) is 2.16. The first-order valence-electron chi connectivity index (χ1n) is 7.17. The van der Waals surface area contributed by atoms with Crippen LogP contribution in [0.4, 0.5) is 5.69 Å². The maximum Gasteiger partial charge on any atom is 0.261 e. The number of Topliss-reactive ketones (excluding diaryl/α,β-unsaturated/α-hetero) is 1. The van der Waals surface area contributed by atoms with Crippen molar-refractivity contribution in [1.29, 1.82) is 0 Å². The van der Waals surface area contributed by atoms with Crippen LogP contribution in [0.3, 0.4) is 0 Å². The van der Waals surface area contributed by atoms with Crippen LogP contribution in [0.2, 0.25) is 0 Å². The molecule has 2 heterocycles. The predicted octanol–water partition coefficient (Wildman–Crippen LogP) is 2.69. The lowest BCUT2D eigenvalue weighted by Gasteiger charge is -2.36. The average Bonchev–Trinajstić information content (AvgIpc) is 2.63. The Morgan fingerprint density at radius 2 is 2.20 bits per heavy atom. The van der Waals surface area contributed by atoms with Gasteiger partial charge in [-0.05, 0) is 19.4 Å². The SMILES string of the molecule is CCC[C@@H]1CC(=O)CC2(O1)C(=O)Nc1ccc(C)cc12. The lowest BCUT2D eigenvalue weighted by atomic mass is 9.84. The van der Waals surface area contributed by atoms with Crippen LogP contribution in [-0.4, -0.2) is 17.8 Å². The molecule has 106 valence electrons. The van der Waals surface area contributed by atoms with Crippen LogP contribution in [0, 0.1) is 6.92 Å². The van der Waals surface area contributed by atoms with Gasteiger partial charge >= 0.3 is 0 Å². The molecule has 0 radical (unpaired) electrons. The summed E-state index contributed by atoms with van der Waals surface area (Å²) >= 11 is 0. The molecule has 20 heavy (non-hydrogen) atoms. The molecule has 4 heteroatoms. The minimum atomic E-state index is -1.10. The number of nitrogens with one attached hydrogen (secondary N) is 1. The molecule has 1 aromatic rings. The van der Waals surface area contributed by atoms with Crippen LogP contribution >= 0.6 is 0 Å². The molecule has 2 atom stereocenters. The maximum atomic E-state index is 12.4. The molecule has 3 rings (SSSR count). The van der Waals surface area contributed by atoms with Gasteiger partial charge in [-0.3, -0.25) is 9.59 Å². The van der Waals surface area contributed by atoms with E-state index in [2.05, 4.69) is 12.2 Å². The number of aryl methyl sites for hydroxylation is 1. The summed E-state index contributed by atoms with van der Waals surface area (Å²) < 4.78 is 6.11. The van der Waals surface area contributed by atoms with E-state index in [0.717, 1.165) is 29.7 Å². The third kappa shape index (κ3) is 1.95. The summed E-state index contributed by atoms with van der Waals surface area (Å²) in [6.45, 7) is 4.03. The number of amides is 1. The molecular formula is C16H19NO3. The van der Waals surface area contributed by atoms with Gasteiger partial charge in [0.25, 0.3) is 5.91 Å². The van der Waals surface area contributed by atoms with Crippen molar-refractivity contribution in [3.63, 3.8) is 0 Å². The summed E-state index contributed by atoms with van der Waals surface area (Å²) in [6, 6.07) is 5.79. The van der Waals surface area contributed by atoms with Gasteiger partial charge in [0.15, 0.2) is 5.60 Å². The molecule has 0 saturated carbocycles. The van der Waals surface area contributed by atoms with Crippen LogP contribution in [0.15, 0.2) is 18.2 Å². The first kappa shape index (κ1) is 13.3. The number of benzene rings is 1. The zero-order valence-corrected chi connectivity index (χ0v) is 11.9. The summed E-state index contributed by atoms with van der Waals surface area (Å²) in [5, 5.41) is 2.85. The second-order valence-electron chi connectivity index (χ2n) is 5.78. The number of carbonyl (C=O) groups is 2. The number of carbonyl (C=O) groups excluding carboxylic acids is 2. The molecule has 2 aliphatic heterocycles. The molecule has 1 N–H and O–H groups in total. The van der Waals surface area contributed by atoms with E-state index in [0.29, 0.717) is 6.42 Å². The molecule has 4 nitrogen and oxygen atoms in total. The van der Waals surface area contributed by atoms with E-state index in [1.54, 1.807) is 0 Å². The van der Waals surface area contributed by atoms with Crippen molar-refractivity contribution < 1.29 is 14.3 Å². The fraction of sp³-hybridized carbons (Fsp3) is 0.500. The minimum Gasteiger partial charge on any atom is -0.356 e. The topological polar surface area (TPSA) is 55.4 Å². The highest BCUT2D eigenvalue weighted by Crippen LogP contribution is 2.45. The van der Waals surface area contributed by atoms with E-state index in [4.69, 9.17) is 4.74 Å². The van der Waals surface area contributed by atoms with Crippen molar-refractivity contribution in [1.82, 2.24) is 0 Å². The lowest BCUT2D eigenvalue weighted by Crippen LogP contribution is -2.47. The van der Waals surface area contributed by atoms with Crippen LogP contribution in [0.25, 0.3) is 0 Å². The van der Waals surface area contributed by atoms with Gasteiger partial charge < -0.3 is 10.1 Å². The molecule has 1 fully saturated rings. The monoisotopic (exact) mass is 273 g/mol. The second-order valence-corrected chi connectivity index (χ2v) is 5.78. The van der Waals surface area contributed by atoms with Crippen molar-refractivity contribution in [2.45, 2.75) is 51.2 Å². The highest BCUT2D eigenvalue weighted by atomic mass is 16.5. The predicted molar refractivity (Wildman–Crippen MR) is 75.5 cm³/mol. The first-order chi connectivity index (χ1) is 9.55. The van der Waals surface area contributed by atoms with Gasteiger partial charge in [-0.15, -0.1) is 0 Å². The van der Waals surface area contributed by atoms with E-state index in [9.17, 15) is 9.59 Å². The number of hydrogen-bond acceptors (Lipinski definition) is 3. The summed E-state index contributed by atoms with van der Waals surface area (Å²) in [7, 11) is 0. The number of ether oxygens (including phenoxy) is 1. The number of rotatable bonds is 2. The normalized spacial score (nSPS) is 28.6. The van der Waals surface area contributed by atoms with E-state index in [-0.39, 0.29) is 24.2 Å². The Hall–Kier alpha value is -1.68. The van der Waals surface area contributed by atoms with Crippen molar-refractivity contribution in [3.05, 3.63) is 29.3 Å². The van der Waals surface area contributed by atoms with Crippen LogP contribution < -0.4 is 5.32 Å². The Morgan fingerprint density at radius 3 is 2.95 bits per heavy atom. The maximum absolute atomic E-state index is 12.4. The van der Waals surface area contributed by atoms with E-state index in [1.165, 1.54) is 0 Å². The molecule has 1 amide bonds. The van der Waals surface area contributed by atoms with Crippen molar-refractivity contribution in [3.8, 4) is 0 Å². The van der Waals surface area contributed by atoms with Crippen LogP contribution in [0.5, 0.6) is 0 Å². The molecule has 0 aromatic heterocycles. The fourth-order valence-electron chi connectivity index (χ4n) is 3.19. The number of fused-ring (bicyclic) bond motifs is 2. The molecule has 1 spiro atoms. The zero-order chi connectivity index (χ0) is 14.3. The average molecular weight is 273 g/mol. The van der Waals surface area contributed by atoms with Gasteiger partial charge in [0.2, 0.25) is 0 Å². The molecule has 1 saturated heterocycles. The van der Waals surface area contributed by atoms with Crippen LogP contribution in [0.1, 0.15) is 43.7 Å². The molecule has 0 bridgehead atoms. The van der Waals surface area contributed by atoms with Gasteiger partial charge in [0.05, 0.1) is 6.10 Å². The number of hydrogen-bond donors (Lipinski definition) is 1. The van der Waals surface area contributed by atoms with Gasteiger partial charge in [0.1, 0.15) is 5.78 Å². The summed E-state index contributed by atoms with van der Waals surface area (Å²) in [4.78, 5) is 24.5. The van der Waals surface area contributed by atoms with Crippen molar-refractivity contribution in [2.24, 2.45) is 0 Å². The van der Waals surface area contributed by atoms with Gasteiger partial charge in [-0.1, -0.05) is 31.0 Å². The number of ketones is 1. The molecule has 2 aliphatic rings. The van der Waals surface area contributed by atoms with Gasteiger partial charge in [-0.25, -0.2) is 0 Å². The summed E-state index contributed by atoms with van der Waals surface area (Å²) in [5.41, 5.74) is 1.55. The zero-order valence-electron chi connectivity index (χ0n) is 11.9. The first-order valence-corrected chi connectivity index (χ1v) is 7.17. The minimum absolute atomic E-state index is 0.110. The number of anilines is 1. The second kappa shape index (κ2) is 4.70. The van der Waals surface area contributed by atoms with Gasteiger partial charge in [-0.2, -0.15) is 0 Å². The van der Waals surface area contributed by atoms with E-state index < -0.39 is 5.60 Å². The third-order valence-corrected chi connectivity index (χ3v) is 4.11. The quantitative estimate of drug-likeness (QED) is 0.901. The van der Waals surface area contributed by atoms with Gasteiger partial charge in [0, 0.05) is 24.1 Å². The van der Waals surface area contributed by atoms with Crippen molar-refractivity contribution >= 4 is 17.4 Å². The fourth-order valence-corrected chi connectivity index (χ4v) is 3.19. The Balaban J connectivity index is 2.05. The smallest absolute Gasteiger partial charge is 0.261 e. The Morgan fingerprint density at radius 1 is 1.40 bits per heavy atom. The molecule has 0 aliphatic carbocycles. The van der Waals surface area contributed by atoms with Crippen molar-refractivity contribution in [2.75, 3.05) is 5.32 Å². The Labute approximate surface area is 118 Å². The largest absolute Gasteiger partial charge is 0.356 e. The van der Waals surface area contributed by atoms with E-state index in [1.807, 2.05) is 25.1 Å². The lowest BCUT2D eigenvalue weighted by molar-refractivity contribution is -0.170. The molecule has 1 aromatic carbocycles. The molecular weight excluding hydrogens is 254 g/mol. The Kier molecular flexibility index (Phi) is 3.13. The standard InChI is InChI=1S/C16H19NO3/c1-3-4-12-8-11(18)9-16(20-12)13-7-10(2)5-6-14(13)17-15(16)19/h5-7,12H,3-4,8-9H2,1-2H3,(H,17,19)/t12-,16?/m1/s1.